The second-order valence-electron chi connectivity index (χ2n) is 11.7. The predicted molar refractivity (Wildman–Crippen MR) is 162 cm³/mol. The van der Waals surface area contributed by atoms with Crippen LogP contribution in [-0.2, 0) is 28.0 Å². The van der Waals surface area contributed by atoms with E-state index in [2.05, 4.69) is 42.0 Å². The lowest BCUT2D eigenvalue weighted by Crippen LogP contribution is -2.55. The van der Waals surface area contributed by atoms with Crippen LogP contribution in [0, 0.1) is 0 Å². The van der Waals surface area contributed by atoms with E-state index in [1.165, 1.54) is 0 Å². The second kappa shape index (κ2) is 13.0. The van der Waals surface area contributed by atoms with Gasteiger partial charge in [0.1, 0.15) is 11.8 Å². The zero-order valence-corrected chi connectivity index (χ0v) is 25.9. The molecular formula is C32H38BrClN2O3. The SMILES string of the molecule is CC(C)(C)NC(=O)[C@@H](Cc1ccccc1)N(Cc1ccccc1Cl)C(=O)COc1ccc(C(C)(C)C)cc1Br. The van der Waals surface area contributed by atoms with Gasteiger partial charge in [-0.15, -0.1) is 0 Å². The van der Waals surface area contributed by atoms with E-state index in [0.29, 0.717) is 17.2 Å². The normalized spacial score (nSPS) is 12.5. The van der Waals surface area contributed by atoms with Crippen molar-refractivity contribution in [2.45, 2.75) is 71.5 Å². The highest BCUT2D eigenvalue weighted by Crippen LogP contribution is 2.31. The van der Waals surface area contributed by atoms with Crippen molar-refractivity contribution in [1.29, 1.82) is 0 Å². The van der Waals surface area contributed by atoms with E-state index >= 15 is 0 Å². The number of nitrogens with one attached hydrogen (secondary N) is 1. The number of carbonyl (C=O) groups is 2. The number of amides is 2. The summed E-state index contributed by atoms with van der Waals surface area (Å²) in [6, 6.07) is 22.2. The van der Waals surface area contributed by atoms with Crippen LogP contribution in [0.5, 0.6) is 5.75 Å². The minimum absolute atomic E-state index is 0.0201. The first-order chi connectivity index (χ1) is 18.2. The summed E-state index contributed by atoms with van der Waals surface area (Å²) in [5.74, 6) is 0.0157. The van der Waals surface area contributed by atoms with Crippen molar-refractivity contribution in [2.75, 3.05) is 6.61 Å². The molecule has 0 saturated carbocycles. The standard InChI is InChI=1S/C32H38BrClN2O3/c1-31(2,3)24-16-17-28(25(33)19-24)39-21-29(37)36(20-23-14-10-11-15-26(23)34)27(30(38)35-32(4,5)6)18-22-12-8-7-9-13-22/h7-17,19,27H,18,20-21H2,1-6H3,(H,35,38)/t27-/m1/s1. The minimum atomic E-state index is -0.772. The van der Waals surface area contributed by atoms with Gasteiger partial charge in [-0.3, -0.25) is 9.59 Å². The largest absolute Gasteiger partial charge is 0.483 e. The molecule has 0 aliphatic heterocycles. The number of benzene rings is 3. The first-order valence-electron chi connectivity index (χ1n) is 13.1. The van der Waals surface area contributed by atoms with E-state index in [9.17, 15) is 9.59 Å². The summed E-state index contributed by atoms with van der Waals surface area (Å²) >= 11 is 10.1. The molecule has 0 radical (unpaired) electrons. The highest BCUT2D eigenvalue weighted by molar-refractivity contribution is 9.10. The van der Waals surface area contributed by atoms with Crippen molar-refractivity contribution in [3.63, 3.8) is 0 Å². The molecule has 0 fully saturated rings. The maximum Gasteiger partial charge on any atom is 0.261 e. The first kappa shape index (κ1) is 30.7. The van der Waals surface area contributed by atoms with Crippen LogP contribution in [-0.4, -0.2) is 34.9 Å². The molecule has 1 atom stereocenters. The summed E-state index contributed by atoms with van der Waals surface area (Å²) in [6.45, 7) is 12.1. The minimum Gasteiger partial charge on any atom is -0.483 e. The Labute approximate surface area is 246 Å². The van der Waals surface area contributed by atoms with Crippen molar-refractivity contribution in [3.05, 3.63) is 99.0 Å². The number of nitrogens with zero attached hydrogens (tertiary/aromatic N) is 1. The maximum absolute atomic E-state index is 13.8. The Hall–Kier alpha value is -2.83. The monoisotopic (exact) mass is 612 g/mol. The Balaban J connectivity index is 1.94. The Morgan fingerprint density at radius 1 is 0.949 bits per heavy atom. The van der Waals surface area contributed by atoms with Gasteiger partial charge in [0.25, 0.3) is 5.91 Å². The summed E-state index contributed by atoms with van der Waals surface area (Å²) in [4.78, 5) is 29.1. The van der Waals surface area contributed by atoms with Crippen LogP contribution in [0.25, 0.3) is 0 Å². The van der Waals surface area contributed by atoms with Crippen LogP contribution in [0.1, 0.15) is 58.2 Å². The van der Waals surface area contributed by atoms with Gasteiger partial charge in [0.05, 0.1) is 4.47 Å². The molecule has 0 aliphatic rings. The Kier molecular flexibility index (Phi) is 10.2. The fourth-order valence-electron chi connectivity index (χ4n) is 4.12. The van der Waals surface area contributed by atoms with E-state index in [1.807, 2.05) is 87.5 Å². The van der Waals surface area contributed by atoms with Crippen molar-refractivity contribution >= 4 is 39.3 Å². The molecule has 1 N–H and O–H groups in total. The van der Waals surface area contributed by atoms with Crippen molar-refractivity contribution in [2.24, 2.45) is 0 Å². The lowest BCUT2D eigenvalue weighted by Gasteiger charge is -2.34. The lowest BCUT2D eigenvalue weighted by molar-refractivity contribution is -0.143. The van der Waals surface area contributed by atoms with Gasteiger partial charge >= 0.3 is 0 Å². The molecule has 7 heteroatoms. The first-order valence-corrected chi connectivity index (χ1v) is 14.2. The van der Waals surface area contributed by atoms with Crippen LogP contribution in [0.15, 0.2) is 77.3 Å². The van der Waals surface area contributed by atoms with Gasteiger partial charge in [0.2, 0.25) is 5.91 Å². The highest BCUT2D eigenvalue weighted by atomic mass is 79.9. The number of hydrogen-bond acceptors (Lipinski definition) is 3. The number of halogens is 2. The van der Waals surface area contributed by atoms with E-state index in [4.69, 9.17) is 16.3 Å². The van der Waals surface area contributed by atoms with Gasteiger partial charge in [-0.2, -0.15) is 0 Å². The quantitative estimate of drug-likeness (QED) is 0.275. The van der Waals surface area contributed by atoms with Crippen molar-refractivity contribution in [1.82, 2.24) is 10.2 Å². The zero-order chi connectivity index (χ0) is 28.8. The molecule has 0 saturated heterocycles. The highest BCUT2D eigenvalue weighted by Gasteiger charge is 2.33. The average molecular weight is 614 g/mol. The van der Waals surface area contributed by atoms with E-state index in [1.54, 1.807) is 11.0 Å². The van der Waals surface area contributed by atoms with Gasteiger partial charge < -0.3 is 15.0 Å². The molecule has 0 unspecified atom stereocenters. The van der Waals surface area contributed by atoms with Crippen LogP contribution >= 0.6 is 27.5 Å². The molecule has 0 aromatic heterocycles. The smallest absolute Gasteiger partial charge is 0.261 e. The van der Waals surface area contributed by atoms with Crippen LogP contribution < -0.4 is 10.1 Å². The second-order valence-corrected chi connectivity index (χ2v) is 13.0. The molecule has 0 spiro atoms. The third-order valence-corrected chi connectivity index (χ3v) is 7.21. The average Bonchev–Trinajstić information content (AvgIpc) is 2.85. The molecule has 3 aromatic carbocycles. The van der Waals surface area contributed by atoms with Gasteiger partial charge in [-0.25, -0.2) is 0 Å². The van der Waals surface area contributed by atoms with Crippen LogP contribution in [0.2, 0.25) is 5.02 Å². The molecule has 0 heterocycles. The van der Waals surface area contributed by atoms with Gasteiger partial charge in [-0.05, 0) is 77.0 Å². The molecule has 3 rings (SSSR count). The summed E-state index contributed by atoms with van der Waals surface area (Å²) in [7, 11) is 0. The van der Waals surface area contributed by atoms with E-state index in [-0.39, 0.29) is 30.4 Å². The number of ether oxygens (including phenoxy) is 1. The van der Waals surface area contributed by atoms with Crippen LogP contribution in [0.3, 0.4) is 0 Å². The molecule has 208 valence electrons. The topological polar surface area (TPSA) is 58.6 Å². The third kappa shape index (κ3) is 9.11. The number of rotatable bonds is 9. The summed E-state index contributed by atoms with van der Waals surface area (Å²) in [5, 5.41) is 3.60. The zero-order valence-electron chi connectivity index (χ0n) is 23.6. The van der Waals surface area contributed by atoms with Crippen LogP contribution in [0.4, 0.5) is 0 Å². The molecule has 39 heavy (non-hydrogen) atoms. The number of carbonyl (C=O) groups excluding carboxylic acids is 2. The van der Waals surface area contributed by atoms with E-state index < -0.39 is 11.6 Å². The van der Waals surface area contributed by atoms with Gasteiger partial charge in [0.15, 0.2) is 6.61 Å². The van der Waals surface area contributed by atoms with Crippen molar-refractivity contribution in [3.8, 4) is 5.75 Å². The predicted octanol–water partition coefficient (Wildman–Crippen LogP) is 7.33. The molecule has 2 amide bonds. The summed E-state index contributed by atoms with van der Waals surface area (Å²) < 4.78 is 6.76. The molecule has 3 aromatic rings. The summed E-state index contributed by atoms with van der Waals surface area (Å²) in [6.07, 6.45) is 0.350. The fraction of sp³-hybridized carbons (Fsp3) is 0.375. The molecule has 0 bridgehead atoms. The van der Waals surface area contributed by atoms with Gasteiger partial charge in [-0.1, -0.05) is 87.0 Å². The Morgan fingerprint density at radius 2 is 1.59 bits per heavy atom. The van der Waals surface area contributed by atoms with Gasteiger partial charge in [0, 0.05) is 23.5 Å². The summed E-state index contributed by atoms with van der Waals surface area (Å²) in [5.41, 5.74) is 2.36. The third-order valence-electron chi connectivity index (χ3n) is 6.22. The van der Waals surface area contributed by atoms with Crippen molar-refractivity contribution < 1.29 is 14.3 Å². The maximum atomic E-state index is 13.8. The lowest BCUT2D eigenvalue weighted by atomic mass is 9.87. The molecule has 0 aliphatic carbocycles. The number of hydrogen-bond donors (Lipinski definition) is 1. The molecule has 5 nitrogen and oxygen atoms in total. The molecular weight excluding hydrogens is 576 g/mol. The fourth-order valence-corrected chi connectivity index (χ4v) is 4.81. The Bertz CT molecular complexity index is 1280. The Morgan fingerprint density at radius 3 is 2.18 bits per heavy atom. The van der Waals surface area contributed by atoms with E-state index in [0.717, 1.165) is 21.2 Å².